The maximum atomic E-state index is 11.9. The van der Waals surface area contributed by atoms with Gasteiger partial charge >= 0.3 is 5.97 Å². The largest absolute Gasteiger partial charge is 0.494 e. The van der Waals surface area contributed by atoms with Crippen LogP contribution in [0.1, 0.15) is 47.1 Å². The maximum absolute atomic E-state index is 11.9. The number of rotatable bonds is 10. The second-order valence-electron chi connectivity index (χ2n) is 6.78. The summed E-state index contributed by atoms with van der Waals surface area (Å²) in [5, 5.41) is 9.31. The van der Waals surface area contributed by atoms with Crippen molar-refractivity contribution < 1.29 is 28.6 Å². The molecule has 30 heavy (non-hydrogen) atoms. The monoisotopic (exact) mass is 410 g/mol. The minimum Gasteiger partial charge on any atom is -0.494 e. The molecular weight excluding hydrogens is 388 g/mol. The number of benzene rings is 2. The van der Waals surface area contributed by atoms with Crippen molar-refractivity contribution in [3.05, 3.63) is 70.1 Å². The molecule has 7 nitrogen and oxygen atoms in total. The SMILES string of the molecule is CC(=O)c1ccc(OCCCCCOc2ccc3c(=O)cc(C(=O)O)oc3c2)cc1. The Kier molecular flexibility index (Phi) is 6.85. The molecule has 3 rings (SSSR count). The van der Waals surface area contributed by atoms with Crippen molar-refractivity contribution in [1.29, 1.82) is 0 Å². The molecule has 7 heteroatoms. The van der Waals surface area contributed by atoms with Gasteiger partial charge in [-0.05, 0) is 62.6 Å². The molecule has 0 saturated carbocycles. The predicted molar refractivity (Wildman–Crippen MR) is 111 cm³/mol. The summed E-state index contributed by atoms with van der Waals surface area (Å²) in [5.41, 5.74) is 0.435. The number of Topliss-reactive ketones (excluding diaryl/α,β-unsaturated/α-hetero) is 1. The molecule has 0 aliphatic heterocycles. The summed E-state index contributed by atoms with van der Waals surface area (Å²) in [5.74, 6) is -0.431. The molecule has 0 atom stereocenters. The van der Waals surface area contributed by atoms with Crippen molar-refractivity contribution in [3.8, 4) is 11.5 Å². The van der Waals surface area contributed by atoms with Crippen LogP contribution in [0.2, 0.25) is 0 Å². The summed E-state index contributed by atoms with van der Waals surface area (Å²) in [6.45, 7) is 2.57. The summed E-state index contributed by atoms with van der Waals surface area (Å²) in [4.78, 5) is 34.2. The highest BCUT2D eigenvalue weighted by Crippen LogP contribution is 2.20. The lowest BCUT2D eigenvalue weighted by Crippen LogP contribution is -2.06. The van der Waals surface area contributed by atoms with Crippen LogP contribution in [0.25, 0.3) is 11.0 Å². The van der Waals surface area contributed by atoms with Crippen LogP contribution in [0.15, 0.2) is 57.7 Å². The molecule has 1 aromatic heterocycles. The first-order valence-electron chi connectivity index (χ1n) is 9.62. The minimum absolute atomic E-state index is 0.0254. The van der Waals surface area contributed by atoms with E-state index in [1.54, 1.807) is 36.4 Å². The summed E-state index contributed by atoms with van der Waals surface area (Å²) in [6, 6.07) is 12.8. The Morgan fingerprint density at radius 2 is 1.53 bits per heavy atom. The number of ketones is 1. The Morgan fingerprint density at radius 1 is 0.900 bits per heavy atom. The zero-order chi connectivity index (χ0) is 21.5. The average molecular weight is 410 g/mol. The van der Waals surface area contributed by atoms with E-state index in [2.05, 4.69) is 0 Å². The molecule has 156 valence electrons. The molecule has 0 bridgehead atoms. The van der Waals surface area contributed by atoms with E-state index in [1.807, 2.05) is 0 Å². The highest BCUT2D eigenvalue weighted by atomic mass is 16.5. The number of carbonyl (C=O) groups excluding carboxylic acids is 1. The first kappa shape index (κ1) is 21.1. The molecule has 0 fully saturated rings. The number of fused-ring (bicyclic) bond motifs is 1. The average Bonchev–Trinajstić information content (AvgIpc) is 2.73. The van der Waals surface area contributed by atoms with E-state index in [0.717, 1.165) is 31.1 Å². The molecule has 3 aromatic rings. The molecule has 0 spiro atoms. The van der Waals surface area contributed by atoms with Gasteiger partial charge in [0.05, 0.1) is 18.6 Å². The standard InChI is InChI=1S/C23H22O7/c1-15(24)16-5-7-17(8-6-16)28-11-3-2-4-12-29-18-9-10-19-20(25)14-22(23(26)27)30-21(19)13-18/h5-10,13-14H,2-4,11-12H2,1H3,(H,26,27). The number of carboxylic acids is 1. The normalized spacial score (nSPS) is 10.7. The molecule has 0 aliphatic carbocycles. The summed E-state index contributed by atoms with van der Waals surface area (Å²) >= 11 is 0. The second kappa shape index (κ2) is 9.73. The molecule has 0 radical (unpaired) electrons. The van der Waals surface area contributed by atoms with Gasteiger partial charge in [-0.15, -0.1) is 0 Å². The summed E-state index contributed by atoms with van der Waals surface area (Å²) < 4.78 is 16.6. The maximum Gasteiger partial charge on any atom is 0.371 e. The molecule has 1 N–H and O–H groups in total. The number of unbranched alkanes of at least 4 members (excludes halogenated alkanes) is 2. The summed E-state index contributed by atoms with van der Waals surface area (Å²) in [7, 11) is 0. The van der Waals surface area contributed by atoms with Crippen LogP contribution in [0, 0.1) is 0 Å². The third kappa shape index (κ3) is 5.47. The van der Waals surface area contributed by atoms with Crippen molar-refractivity contribution in [1.82, 2.24) is 0 Å². The van der Waals surface area contributed by atoms with Crippen LogP contribution in [0.4, 0.5) is 0 Å². The van der Waals surface area contributed by atoms with Gasteiger partial charge in [-0.25, -0.2) is 4.79 Å². The van der Waals surface area contributed by atoms with E-state index in [0.29, 0.717) is 29.9 Å². The Bertz CT molecular complexity index is 1100. The number of hydrogen-bond acceptors (Lipinski definition) is 6. The van der Waals surface area contributed by atoms with Crippen LogP contribution in [0.3, 0.4) is 0 Å². The van der Waals surface area contributed by atoms with Gasteiger partial charge in [0.25, 0.3) is 0 Å². The van der Waals surface area contributed by atoms with E-state index in [9.17, 15) is 14.4 Å². The lowest BCUT2D eigenvalue weighted by molar-refractivity contribution is 0.0662. The molecule has 0 aliphatic rings. The Labute approximate surface area is 172 Å². The first-order valence-corrected chi connectivity index (χ1v) is 9.62. The van der Waals surface area contributed by atoms with Gasteiger partial charge in [0.1, 0.15) is 17.1 Å². The lowest BCUT2D eigenvalue weighted by atomic mass is 10.1. The fourth-order valence-electron chi connectivity index (χ4n) is 2.88. The lowest BCUT2D eigenvalue weighted by Gasteiger charge is -2.08. The van der Waals surface area contributed by atoms with Crippen molar-refractivity contribution in [3.63, 3.8) is 0 Å². The van der Waals surface area contributed by atoms with E-state index >= 15 is 0 Å². The third-order valence-corrected chi connectivity index (χ3v) is 4.50. The van der Waals surface area contributed by atoms with Crippen molar-refractivity contribution in [2.24, 2.45) is 0 Å². The van der Waals surface area contributed by atoms with Gasteiger partial charge in [-0.1, -0.05) is 0 Å². The molecule has 0 unspecified atom stereocenters. The Morgan fingerprint density at radius 3 is 2.17 bits per heavy atom. The smallest absolute Gasteiger partial charge is 0.371 e. The molecule has 0 saturated heterocycles. The Hall–Kier alpha value is -3.61. The quantitative estimate of drug-likeness (QED) is 0.392. The summed E-state index contributed by atoms with van der Waals surface area (Å²) in [6.07, 6.45) is 2.56. The van der Waals surface area contributed by atoms with E-state index < -0.39 is 17.2 Å². The van der Waals surface area contributed by atoms with E-state index in [4.69, 9.17) is 19.0 Å². The zero-order valence-electron chi connectivity index (χ0n) is 16.6. The number of carboxylic acid groups (broad SMARTS) is 1. The highest BCUT2D eigenvalue weighted by Gasteiger charge is 2.11. The molecular formula is C23H22O7. The van der Waals surface area contributed by atoms with Gasteiger partial charge in [-0.2, -0.15) is 0 Å². The molecule has 0 amide bonds. The van der Waals surface area contributed by atoms with Gasteiger partial charge in [0.15, 0.2) is 11.2 Å². The number of ether oxygens (including phenoxy) is 2. The highest BCUT2D eigenvalue weighted by molar-refractivity contribution is 5.94. The van der Waals surface area contributed by atoms with Gasteiger partial charge < -0.3 is 19.0 Å². The fourth-order valence-corrected chi connectivity index (χ4v) is 2.88. The van der Waals surface area contributed by atoms with Crippen molar-refractivity contribution >= 4 is 22.7 Å². The van der Waals surface area contributed by atoms with Crippen LogP contribution >= 0.6 is 0 Å². The van der Waals surface area contributed by atoms with E-state index in [1.165, 1.54) is 13.0 Å². The van der Waals surface area contributed by atoms with E-state index in [-0.39, 0.29) is 11.4 Å². The van der Waals surface area contributed by atoms with Crippen LogP contribution in [-0.2, 0) is 0 Å². The first-order chi connectivity index (χ1) is 14.4. The van der Waals surface area contributed by atoms with Crippen LogP contribution < -0.4 is 14.9 Å². The fraction of sp³-hybridized carbons (Fsp3) is 0.261. The van der Waals surface area contributed by atoms with Crippen molar-refractivity contribution in [2.45, 2.75) is 26.2 Å². The van der Waals surface area contributed by atoms with Crippen LogP contribution in [0.5, 0.6) is 11.5 Å². The van der Waals surface area contributed by atoms with Crippen molar-refractivity contribution in [2.75, 3.05) is 13.2 Å². The third-order valence-electron chi connectivity index (χ3n) is 4.50. The number of aromatic carboxylic acids is 1. The Balaban J connectivity index is 1.42. The van der Waals surface area contributed by atoms with Crippen LogP contribution in [-0.4, -0.2) is 30.1 Å². The number of carbonyl (C=O) groups is 2. The zero-order valence-corrected chi connectivity index (χ0v) is 16.6. The predicted octanol–water partition coefficient (Wildman–Crippen LogP) is 4.32. The number of hydrogen-bond donors (Lipinski definition) is 1. The topological polar surface area (TPSA) is 103 Å². The van der Waals surface area contributed by atoms with Gasteiger partial charge in [-0.3, -0.25) is 9.59 Å². The minimum atomic E-state index is -1.29. The molecule has 2 aromatic carbocycles. The second-order valence-corrected chi connectivity index (χ2v) is 6.78. The van der Waals surface area contributed by atoms with Gasteiger partial charge in [0.2, 0.25) is 5.76 Å². The van der Waals surface area contributed by atoms with Gasteiger partial charge in [0, 0.05) is 17.7 Å². The molecule has 1 heterocycles.